The molecular formula is C22H28Cl2SiZr. The summed E-state index contributed by atoms with van der Waals surface area (Å²) in [5.74, 6) is 0. The average Bonchev–Trinajstić information content (AvgIpc) is 3.02. The van der Waals surface area contributed by atoms with Crippen LogP contribution in [0.4, 0.5) is 0 Å². The monoisotopic (exact) mass is 480 g/mol. The largest absolute Gasteiger partial charge is 0.147 e. The van der Waals surface area contributed by atoms with E-state index in [1.165, 1.54) is 11.1 Å². The van der Waals surface area contributed by atoms with Crippen molar-refractivity contribution in [3.63, 3.8) is 0 Å². The van der Waals surface area contributed by atoms with Gasteiger partial charge in [0.05, 0.1) is 0 Å². The van der Waals surface area contributed by atoms with Crippen molar-refractivity contribution in [1.29, 1.82) is 0 Å². The van der Waals surface area contributed by atoms with Crippen LogP contribution in [0.5, 0.6) is 0 Å². The summed E-state index contributed by atoms with van der Waals surface area (Å²) in [6, 6.07) is 18.1. The van der Waals surface area contributed by atoms with E-state index >= 15 is 0 Å². The van der Waals surface area contributed by atoms with Gasteiger partial charge in [0.1, 0.15) is 0 Å². The normalized spacial score (nSPS) is 21.0. The molecule has 2 aromatic carbocycles. The minimum absolute atomic E-state index is 0. The second kappa shape index (κ2) is 7.21. The summed E-state index contributed by atoms with van der Waals surface area (Å²) in [6.45, 7) is 7.13. The second-order valence-electron chi connectivity index (χ2n) is 8.84. The zero-order chi connectivity index (χ0) is 17.1. The minimum Gasteiger partial charge on any atom is -0.147 e. The summed E-state index contributed by atoms with van der Waals surface area (Å²) in [5.41, 5.74) is 9.22. The third kappa shape index (κ3) is 3.18. The first-order valence-corrected chi connectivity index (χ1v) is 22.6. The van der Waals surface area contributed by atoms with E-state index in [0.29, 0.717) is 7.25 Å². The quantitative estimate of drug-likeness (QED) is 0.430. The molecule has 0 aromatic heterocycles. The number of fused-ring (bicyclic) bond motifs is 2. The summed E-state index contributed by atoms with van der Waals surface area (Å²) in [5, 5.41) is 0. The van der Waals surface area contributed by atoms with Crippen molar-refractivity contribution < 1.29 is 17.4 Å². The molecule has 2 aliphatic carbocycles. The third-order valence-electron chi connectivity index (χ3n) is 6.19. The molecular weight excluding hydrogens is 454 g/mol. The van der Waals surface area contributed by atoms with Crippen molar-refractivity contribution in [2.75, 3.05) is 0 Å². The Morgan fingerprint density at radius 2 is 1.04 bits per heavy atom. The zero-order valence-electron chi connectivity index (χ0n) is 16.0. The van der Waals surface area contributed by atoms with Gasteiger partial charge in [0.15, 0.2) is 0 Å². The van der Waals surface area contributed by atoms with Gasteiger partial charge in [-0.2, -0.15) is 0 Å². The summed E-state index contributed by atoms with van der Waals surface area (Å²) >= 11 is -3.15. The molecule has 2 aliphatic rings. The molecule has 0 amide bonds. The second-order valence-corrected chi connectivity index (χ2v) is 39.3. The molecule has 0 N–H and O–H groups in total. The van der Waals surface area contributed by atoms with E-state index in [2.05, 4.69) is 90.7 Å². The number of halogens is 2. The Bertz CT molecular complexity index is 908. The smallest absolute Gasteiger partial charge is 0.147 e. The topological polar surface area (TPSA) is 0 Å². The van der Waals surface area contributed by atoms with E-state index < -0.39 is 17.4 Å². The van der Waals surface area contributed by atoms with Crippen molar-refractivity contribution in [3.8, 4) is 0 Å². The van der Waals surface area contributed by atoms with Gasteiger partial charge >= 0.3 is 149 Å². The van der Waals surface area contributed by atoms with E-state index in [1.54, 1.807) is 22.3 Å². The van der Waals surface area contributed by atoms with Crippen LogP contribution < -0.4 is 0 Å². The van der Waals surface area contributed by atoms with Gasteiger partial charge in [0, 0.05) is 0 Å². The van der Waals surface area contributed by atoms with Crippen molar-refractivity contribution in [1.82, 2.24) is 0 Å². The van der Waals surface area contributed by atoms with E-state index in [0.717, 1.165) is 0 Å². The van der Waals surface area contributed by atoms with Crippen LogP contribution >= 0.6 is 24.8 Å². The Morgan fingerprint density at radius 1 is 0.692 bits per heavy atom. The SMILES string of the molecule is CC1=Cc2ccccc2[CH]1[Zr]([CH3])([CH3])(=[SiH2])[CH]1C(C)=Cc2ccccc21.Cl.Cl. The molecule has 0 saturated heterocycles. The van der Waals surface area contributed by atoms with Gasteiger partial charge in [0.25, 0.3) is 0 Å². The van der Waals surface area contributed by atoms with Crippen LogP contribution in [0.15, 0.2) is 59.7 Å². The molecule has 2 aromatic rings. The van der Waals surface area contributed by atoms with Crippen molar-refractivity contribution in [2.45, 2.75) is 30.4 Å². The van der Waals surface area contributed by atoms with E-state index in [-0.39, 0.29) is 24.8 Å². The minimum atomic E-state index is -3.15. The van der Waals surface area contributed by atoms with Crippen molar-refractivity contribution >= 4 is 43.8 Å². The van der Waals surface area contributed by atoms with Gasteiger partial charge in [-0.3, -0.25) is 0 Å². The molecule has 0 fully saturated rings. The van der Waals surface area contributed by atoms with Crippen LogP contribution in [0.3, 0.4) is 0 Å². The molecule has 4 heteroatoms. The van der Waals surface area contributed by atoms with Crippen LogP contribution in [-0.4, -0.2) is 6.88 Å². The molecule has 138 valence electrons. The molecule has 0 heterocycles. The summed E-state index contributed by atoms with van der Waals surface area (Å²) < 4.78 is 6.68. The standard InChI is InChI=1S/2C10H9.2CH3.2ClH.H2Si.Zr/c2*1-8-6-9-4-2-3-5-10(9)7-8;;;;;;/h2*2-7H,1H3;2*1H3;2*1H;1H2;. The fourth-order valence-corrected chi connectivity index (χ4v) is 26.9. The van der Waals surface area contributed by atoms with Crippen molar-refractivity contribution in [3.05, 3.63) is 81.9 Å². The maximum atomic E-state index is 2.69. The van der Waals surface area contributed by atoms with Gasteiger partial charge in [-0.15, -0.1) is 24.8 Å². The van der Waals surface area contributed by atoms with Gasteiger partial charge in [-0.05, 0) is 0 Å². The Morgan fingerprint density at radius 3 is 1.42 bits per heavy atom. The molecule has 2 unspecified atom stereocenters. The van der Waals surface area contributed by atoms with Gasteiger partial charge < -0.3 is 0 Å². The predicted octanol–water partition coefficient (Wildman–Crippen LogP) is 6.48. The molecule has 0 bridgehead atoms. The van der Waals surface area contributed by atoms with Gasteiger partial charge in [-0.1, -0.05) is 0 Å². The number of rotatable bonds is 2. The van der Waals surface area contributed by atoms with Crippen LogP contribution in [-0.2, 0) is 17.4 Å². The van der Waals surface area contributed by atoms with Crippen molar-refractivity contribution in [2.24, 2.45) is 0 Å². The fraction of sp³-hybridized carbons (Fsp3) is 0.273. The molecule has 2 atom stereocenters. The Balaban J connectivity index is 0.00000121. The third-order valence-corrected chi connectivity index (χ3v) is 24.1. The maximum absolute atomic E-state index is 3.15. The number of hydrogen-bond donors (Lipinski definition) is 0. The number of hydrogen-bond acceptors (Lipinski definition) is 0. The van der Waals surface area contributed by atoms with Gasteiger partial charge in [0.2, 0.25) is 0 Å². The Hall–Kier alpha value is -0.400. The van der Waals surface area contributed by atoms with Crippen LogP contribution in [0.2, 0.25) is 9.26 Å². The molecule has 0 saturated carbocycles. The molecule has 26 heavy (non-hydrogen) atoms. The Kier molecular flexibility index (Phi) is 6.07. The van der Waals surface area contributed by atoms with E-state index in [1.807, 2.05) is 0 Å². The fourth-order valence-electron chi connectivity index (χ4n) is 5.64. The Labute approximate surface area is 172 Å². The molecule has 0 spiro atoms. The maximum Gasteiger partial charge on any atom is -0.147 e. The summed E-state index contributed by atoms with van der Waals surface area (Å²) in [6.07, 6.45) is 4.88. The first kappa shape index (κ1) is 21.9. The summed E-state index contributed by atoms with van der Waals surface area (Å²) in [7, 11) is 0. The molecule has 0 nitrogen and oxygen atoms in total. The first-order chi connectivity index (χ1) is 11.3. The van der Waals surface area contributed by atoms with Crippen LogP contribution in [0.1, 0.15) is 43.4 Å². The molecule has 0 radical (unpaired) electrons. The molecule has 0 aliphatic heterocycles. The van der Waals surface area contributed by atoms with Crippen LogP contribution in [0.25, 0.3) is 12.2 Å². The zero-order valence-corrected chi connectivity index (χ0v) is 21.5. The summed E-state index contributed by atoms with van der Waals surface area (Å²) in [4.78, 5) is 0. The van der Waals surface area contributed by atoms with E-state index in [9.17, 15) is 0 Å². The average molecular weight is 483 g/mol. The van der Waals surface area contributed by atoms with E-state index in [4.69, 9.17) is 0 Å². The predicted molar refractivity (Wildman–Crippen MR) is 120 cm³/mol. The number of allylic oxidation sites excluding steroid dienone is 2. The van der Waals surface area contributed by atoms with Gasteiger partial charge in [-0.25, -0.2) is 0 Å². The number of benzene rings is 2. The van der Waals surface area contributed by atoms with Crippen LogP contribution in [0, 0.1) is 0 Å². The first-order valence-electron chi connectivity index (χ1n) is 8.90. The molecule has 4 rings (SSSR count).